The van der Waals surface area contributed by atoms with E-state index in [1.807, 2.05) is 49.1 Å². The van der Waals surface area contributed by atoms with Crippen molar-refractivity contribution in [1.82, 2.24) is 14.9 Å². The zero-order valence-electron chi connectivity index (χ0n) is 21.7. The molecular formula is C29H34N4O4S. The molecule has 2 aliphatic heterocycles. The van der Waals surface area contributed by atoms with Gasteiger partial charge in [0.25, 0.3) is 5.91 Å². The molecule has 3 atom stereocenters. The Kier molecular flexibility index (Phi) is 7.52. The van der Waals surface area contributed by atoms with Gasteiger partial charge >= 0.3 is 0 Å². The van der Waals surface area contributed by atoms with Crippen molar-refractivity contribution in [3.8, 4) is 0 Å². The molecule has 3 aromatic carbocycles. The minimum absolute atomic E-state index is 0.0252. The molecule has 3 aromatic rings. The third kappa shape index (κ3) is 5.32. The summed E-state index contributed by atoms with van der Waals surface area (Å²) in [6.07, 6.45) is 2.42. The van der Waals surface area contributed by atoms with E-state index < -0.39 is 10.0 Å². The quantitative estimate of drug-likeness (QED) is 0.447. The predicted octanol–water partition coefficient (Wildman–Crippen LogP) is 3.67. The average molecular weight is 535 g/mol. The molecule has 0 aromatic heterocycles. The van der Waals surface area contributed by atoms with Gasteiger partial charge in [0, 0.05) is 41.2 Å². The first kappa shape index (κ1) is 26.3. The molecule has 2 amide bonds. The van der Waals surface area contributed by atoms with Gasteiger partial charge in [-0.15, -0.1) is 0 Å². The third-order valence-corrected chi connectivity index (χ3v) is 9.24. The number of hydrogen-bond acceptors (Lipinski definition) is 5. The second-order valence-corrected chi connectivity index (χ2v) is 12.0. The maximum atomic E-state index is 13.6. The molecule has 200 valence electrons. The molecule has 0 aliphatic carbocycles. The van der Waals surface area contributed by atoms with Gasteiger partial charge in [-0.3, -0.25) is 9.59 Å². The number of sulfonamides is 1. The smallest absolute Gasteiger partial charge is 0.255 e. The first-order chi connectivity index (χ1) is 18.2. The van der Waals surface area contributed by atoms with Gasteiger partial charge in [-0.1, -0.05) is 49.4 Å². The van der Waals surface area contributed by atoms with Crippen molar-refractivity contribution in [2.24, 2.45) is 5.92 Å². The molecule has 2 aliphatic rings. The van der Waals surface area contributed by atoms with Gasteiger partial charge in [-0.25, -0.2) is 13.1 Å². The number of hydrogen-bond donors (Lipinski definition) is 3. The Morgan fingerprint density at radius 2 is 1.71 bits per heavy atom. The number of nitrogens with one attached hydrogen (secondary N) is 3. The van der Waals surface area contributed by atoms with E-state index in [2.05, 4.69) is 15.4 Å². The van der Waals surface area contributed by atoms with Crippen LogP contribution in [0.1, 0.15) is 42.1 Å². The zero-order valence-corrected chi connectivity index (χ0v) is 22.6. The summed E-state index contributed by atoms with van der Waals surface area (Å²) in [5.41, 5.74) is 1.98. The van der Waals surface area contributed by atoms with Gasteiger partial charge in [-0.2, -0.15) is 0 Å². The van der Waals surface area contributed by atoms with Crippen LogP contribution in [0.4, 0.5) is 5.69 Å². The highest BCUT2D eigenvalue weighted by Crippen LogP contribution is 2.31. The number of amides is 2. The molecule has 38 heavy (non-hydrogen) atoms. The molecule has 2 saturated heterocycles. The number of benzene rings is 3. The number of carbonyl (C=O) groups excluding carboxylic acids is 2. The first-order valence-corrected chi connectivity index (χ1v) is 14.7. The average Bonchev–Trinajstić information content (AvgIpc) is 3.45. The molecule has 2 fully saturated rings. The number of nitrogens with zero attached hydrogens (tertiary/aromatic N) is 1. The van der Waals surface area contributed by atoms with E-state index >= 15 is 0 Å². The molecule has 8 nitrogen and oxygen atoms in total. The Balaban J connectivity index is 1.34. The minimum Gasteiger partial charge on any atom is -0.341 e. The zero-order chi connectivity index (χ0) is 26.9. The molecule has 2 heterocycles. The van der Waals surface area contributed by atoms with Crippen LogP contribution in [-0.2, 0) is 14.8 Å². The maximum absolute atomic E-state index is 13.6. The summed E-state index contributed by atoms with van der Waals surface area (Å²) in [6, 6.07) is 17.3. The van der Waals surface area contributed by atoms with Crippen LogP contribution >= 0.6 is 0 Å². The van der Waals surface area contributed by atoms with Crippen LogP contribution < -0.4 is 15.4 Å². The maximum Gasteiger partial charge on any atom is 0.255 e. The molecule has 0 bridgehead atoms. The van der Waals surface area contributed by atoms with Gasteiger partial charge in [0.2, 0.25) is 15.9 Å². The number of rotatable bonds is 6. The molecule has 5 rings (SSSR count). The normalized spacial score (nSPS) is 21.9. The van der Waals surface area contributed by atoms with Gasteiger partial charge in [0.05, 0.1) is 10.9 Å². The van der Waals surface area contributed by atoms with Gasteiger partial charge < -0.3 is 15.5 Å². The number of aryl methyl sites for hydroxylation is 1. The van der Waals surface area contributed by atoms with E-state index in [-0.39, 0.29) is 34.7 Å². The predicted molar refractivity (Wildman–Crippen MR) is 149 cm³/mol. The molecule has 3 N–H and O–H groups in total. The second-order valence-electron chi connectivity index (χ2n) is 10.4. The third-order valence-electron chi connectivity index (χ3n) is 7.69. The van der Waals surface area contributed by atoms with E-state index in [0.29, 0.717) is 41.5 Å². The highest BCUT2D eigenvalue weighted by atomic mass is 32.2. The first-order valence-electron chi connectivity index (χ1n) is 13.2. The monoisotopic (exact) mass is 534 g/mol. The Morgan fingerprint density at radius 1 is 0.974 bits per heavy atom. The van der Waals surface area contributed by atoms with E-state index in [4.69, 9.17) is 0 Å². The van der Waals surface area contributed by atoms with Crippen molar-refractivity contribution >= 4 is 38.3 Å². The van der Waals surface area contributed by atoms with Crippen molar-refractivity contribution in [1.29, 1.82) is 0 Å². The fourth-order valence-electron chi connectivity index (χ4n) is 5.53. The standard InChI is InChI=1S/C29H34N4O4S/c1-19-8-3-4-9-21(19)28(34)31-25-13-14-27(23-11-6-5-10-22(23)25)38(36,37)32-24-15-17-33(18-20(24)2)29(35)26-12-7-16-30-26/h3-6,8-11,13-14,20,24,26,30,32H,7,12,15-18H2,1-2H3,(H,31,34)/t20-,24+,26+/m1/s1. The number of carbonyl (C=O) groups is 2. The number of anilines is 1. The largest absolute Gasteiger partial charge is 0.341 e. The lowest BCUT2D eigenvalue weighted by Gasteiger charge is -2.38. The molecular weight excluding hydrogens is 500 g/mol. The lowest BCUT2D eigenvalue weighted by Crippen LogP contribution is -2.54. The van der Waals surface area contributed by atoms with E-state index in [0.717, 1.165) is 24.9 Å². The summed E-state index contributed by atoms with van der Waals surface area (Å²) in [5, 5.41) is 7.39. The highest BCUT2D eigenvalue weighted by Gasteiger charge is 2.35. The van der Waals surface area contributed by atoms with Gasteiger partial charge in [0.15, 0.2) is 0 Å². The van der Waals surface area contributed by atoms with Crippen LogP contribution in [0.25, 0.3) is 10.8 Å². The van der Waals surface area contributed by atoms with Crippen LogP contribution in [0.3, 0.4) is 0 Å². The van der Waals surface area contributed by atoms with Crippen LogP contribution in [0.5, 0.6) is 0 Å². The van der Waals surface area contributed by atoms with Crippen molar-refractivity contribution in [3.63, 3.8) is 0 Å². The highest BCUT2D eigenvalue weighted by molar-refractivity contribution is 7.89. The summed E-state index contributed by atoms with van der Waals surface area (Å²) in [5.74, 6) is -0.155. The lowest BCUT2D eigenvalue weighted by atomic mass is 9.94. The fraction of sp³-hybridized carbons (Fsp3) is 0.379. The van der Waals surface area contributed by atoms with Crippen molar-refractivity contribution < 1.29 is 18.0 Å². The van der Waals surface area contributed by atoms with Crippen molar-refractivity contribution in [2.45, 2.75) is 50.1 Å². The Labute approximate surface area is 223 Å². The molecule has 9 heteroatoms. The summed E-state index contributed by atoms with van der Waals surface area (Å²) < 4.78 is 30.1. The SMILES string of the molecule is Cc1ccccc1C(=O)Nc1ccc(S(=O)(=O)N[C@H]2CCN(C(=O)[C@@H]3CCCN3)C[C@H]2C)c2ccccc12. The van der Waals surface area contributed by atoms with E-state index in [1.54, 1.807) is 30.3 Å². The summed E-state index contributed by atoms with van der Waals surface area (Å²) in [4.78, 5) is 27.8. The summed E-state index contributed by atoms with van der Waals surface area (Å²) in [7, 11) is -3.86. The summed E-state index contributed by atoms with van der Waals surface area (Å²) >= 11 is 0. The fourth-order valence-corrected chi connectivity index (χ4v) is 7.12. The summed E-state index contributed by atoms with van der Waals surface area (Å²) in [6.45, 7) is 5.77. The molecule has 0 spiro atoms. The Morgan fingerprint density at radius 3 is 2.42 bits per heavy atom. The molecule has 0 saturated carbocycles. The Bertz CT molecular complexity index is 1470. The topological polar surface area (TPSA) is 108 Å². The van der Waals surface area contributed by atoms with E-state index in [1.165, 1.54) is 0 Å². The minimum atomic E-state index is -3.86. The number of fused-ring (bicyclic) bond motifs is 1. The number of piperidine rings is 1. The van der Waals surface area contributed by atoms with Crippen molar-refractivity contribution in [3.05, 3.63) is 71.8 Å². The van der Waals surface area contributed by atoms with Gasteiger partial charge in [0.1, 0.15) is 0 Å². The Hall–Kier alpha value is -3.27. The van der Waals surface area contributed by atoms with Crippen LogP contribution in [0.15, 0.2) is 65.6 Å². The second kappa shape index (κ2) is 10.8. The van der Waals surface area contributed by atoms with Crippen LogP contribution in [-0.4, -0.2) is 56.9 Å². The van der Waals surface area contributed by atoms with E-state index in [9.17, 15) is 18.0 Å². The van der Waals surface area contributed by atoms with Crippen LogP contribution in [0.2, 0.25) is 0 Å². The van der Waals surface area contributed by atoms with Crippen molar-refractivity contribution in [2.75, 3.05) is 25.0 Å². The van der Waals surface area contributed by atoms with Crippen LogP contribution in [0, 0.1) is 12.8 Å². The molecule has 0 radical (unpaired) electrons. The lowest BCUT2D eigenvalue weighted by molar-refractivity contribution is -0.135. The molecule has 0 unspecified atom stereocenters. The number of likely N-dealkylation sites (tertiary alicyclic amines) is 1. The van der Waals surface area contributed by atoms with Gasteiger partial charge in [-0.05, 0) is 62.4 Å².